The van der Waals surface area contributed by atoms with Gasteiger partial charge >= 0.3 is 5.69 Å². The third-order valence-corrected chi connectivity index (χ3v) is 5.07. The molecule has 0 saturated heterocycles. The second-order valence-corrected chi connectivity index (χ2v) is 6.49. The van der Waals surface area contributed by atoms with Gasteiger partial charge in [-0.1, -0.05) is 13.8 Å². The first-order valence-corrected chi connectivity index (χ1v) is 8.98. The van der Waals surface area contributed by atoms with Crippen LogP contribution in [0.5, 0.6) is 0 Å². The van der Waals surface area contributed by atoms with E-state index in [-0.39, 0.29) is 29.1 Å². The Morgan fingerprint density at radius 2 is 1.96 bits per heavy atom. The maximum Gasteiger partial charge on any atom is 0.312 e. The van der Waals surface area contributed by atoms with Crippen molar-refractivity contribution in [2.24, 2.45) is 0 Å². The Bertz CT molecular complexity index is 1220. The quantitative estimate of drug-likeness (QED) is 0.298. The topological polar surface area (TPSA) is 97.3 Å². The summed E-state index contributed by atoms with van der Waals surface area (Å²) < 4.78 is 7.80. The number of nitrogens with one attached hydrogen (secondary N) is 1. The van der Waals surface area contributed by atoms with Gasteiger partial charge in [0.05, 0.1) is 27.9 Å². The standard InChI is InChI=1S/C19H20N4O4.ClH/c1-3-21(4-2)9-10-22-14-7-8-15(23(25)26)19-17(14)18(20-22)13-6-5-12(24)11-16(13)27-19;/h5-8,11,20H,3-4,9-10H2,1-2H3;1H. The number of hydrogen-bond acceptors (Lipinski definition) is 5. The fourth-order valence-corrected chi connectivity index (χ4v) is 3.58. The van der Waals surface area contributed by atoms with Gasteiger partial charge in [0.25, 0.3) is 0 Å². The van der Waals surface area contributed by atoms with Crippen LogP contribution in [-0.2, 0) is 6.54 Å². The summed E-state index contributed by atoms with van der Waals surface area (Å²) >= 11 is 0. The molecule has 0 aliphatic carbocycles. The maximum absolute atomic E-state index is 11.7. The predicted octanol–water partition coefficient (Wildman–Crippen LogP) is 3.90. The van der Waals surface area contributed by atoms with Gasteiger partial charge < -0.3 is 9.32 Å². The fourth-order valence-electron chi connectivity index (χ4n) is 3.58. The molecule has 9 heteroatoms. The van der Waals surface area contributed by atoms with Gasteiger partial charge in [-0.15, -0.1) is 12.4 Å². The Morgan fingerprint density at radius 1 is 1.21 bits per heavy atom. The van der Waals surface area contributed by atoms with E-state index < -0.39 is 4.92 Å². The Balaban J connectivity index is 0.00000225. The molecule has 0 amide bonds. The lowest BCUT2D eigenvalue weighted by Gasteiger charge is -2.18. The Labute approximate surface area is 166 Å². The largest absolute Gasteiger partial charge is 0.448 e. The van der Waals surface area contributed by atoms with Crippen LogP contribution in [0.15, 0.2) is 39.5 Å². The number of benzene rings is 2. The van der Waals surface area contributed by atoms with Gasteiger partial charge in [0.15, 0.2) is 5.43 Å². The number of nitro benzene ring substituents is 1. The summed E-state index contributed by atoms with van der Waals surface area (Å²) in [6, 6.07) is 7.73. The molecule has 0 spiro atoms. The fraction of sp³-hybridized carbons (Fsp3) is 0.316. The number of aromatic nitrogens is 2. The first-order chi connectivity index (χ1) is 13.0. The van der Waals surface area contributed by atoms with Crippen LogP contribution >= 0.6 is 12.4 Å². The van der Waals surface area contributed by atoms with Crippen LogP contribution in [0.3, 0.4) is 0 Å². The SMILES string of the molecule is CCN(CC)CCn1[nH]c2c3ccc(=O)cc3oc3c([N+](=O)[O-])ccc1c32.Cl. The number of non-ortho nitro benzene ring substituents is 1. The number of aromatic amines is 1. The molecule has 2 aromatic heterocycles. The highest BCUT2D eigenvalue weighted by molar-refractivity contribution is 6.17. The van der Waals surface area contributed by atoms with Crippen molar-refractivity contribution in [2.45, 2.75) is 20.4 Å². The molecular weight excluding hydrogens is 384 g/mol. The minimum atomic E-state index is -0.460. The normalized spacial score (nSPS) is 11.5. The molecule has 1 N–H and O–H groups in total. The van der Waals surface area contributed by atoms with E-state index in [1.54, 1.807) is 12.1 Å². The summed E-state index contributed by atoms with van der Waals surface area (Å²) in [4.78, 5) is 25.1. The summed E-state index contributed by atoms with van der Waals surface area (Å²) in [5.74, 6) is 0. The minimum Gasteiger partial charge on any atom is -0.448 e. The number of hydrogen-bond donors (Lipinski definition) is 1. The van der Waals surface area contributed by atoms with Gasteiger partial charge in [0.1, 0.15) is 5.58 Å². The van der Waals surface area contributed by atoms with Crippen LogP contribution in [0.4, 0.5) is 5.69 Å². The number of likely N-dealkylation sites (N-methyl/N-ethyl adjacent to an activating group) is 1. The summed E-state index contributed by atoms with van der Waals surface area (Å²) in [7, 11) is 0. The first-order valence-electron chi connectivity index (χ1n) is 8.98. The van der Waals surface area contributed by atoms with E-state index in [0.29, 0.717) is 17.5 Å². The number of H-pyrrole nitrogens is 1. The highest BCUT2D eigenvalue weighted by Crippen LogP contribution is 2.37. The second-order valence-electron chi connectivity index (χ2n) is 6.49. The summed E-state index contributed by atoms with van der Waals surface area (Å²) in [6.45, 7) is 7.71. The molecule has 0 bridgehead atoms. The van der Waals surface area contributed by atoms with E-state index in [1.165, 1.54) is 18.2 Å². The maximum atomic E-state index is 11.7. The van der Waals surface area contributed by atoms with Crippen molar-refractivity contribution in [1.29, 1.82) is 0 Å². The monoisotopic (exact) mass is 404 g/mol. The zero-order valence-electron chi connectivity index (χ0n) is 15.6. The highest BCUT2D eigenvalue weighted by Gasteiger charge is 2.22. The third-order valence-electron chi connectivity index (χ3n) is 5.07. The van der Waals surface area contributed by atoms with Crippen molar-refractivity contribution in [3.63, 3.8) is 0 Å². The van der Waals surface area contributed by atoms with Crippen LogP contribution in [0.1, 0.15) is 13.8 Å². The highest BCUT2D eigenvalue weighted by atomic mass is 35.5. The molecule has 0 unspecified atom stereocenters. The number of fused-ring (bicyclic) bond motifs is 2. The van der Waals surface area contributed by atoms with Crippen LogP contribution < -0.4 is 5.43 Å². The van der Waals surface area contributed by atoms with Crippen molar-refractivity contribution in [3.05, 3.63) is 50.7 Å². The minimum absolute atomic E-state index is 0. The molecule has 28 heavy (non-hydrogen) atoms. The lowest BCUT2D eigenvalue weighted by molar-refractivity contribution is -0.383. The lowest BCUT2D eigenvalue weighted by atomic mass is 10.1. The molecule has 2 heterocycles. The summed E-state index contributed by atoms with van der Waals surface area (Å²) in [5.41, 5.74) is 1.79. The molecule has 0 fully saturated rings. The van der Waals surface area contributed by atoms with E-state index in [0.717, 1.165) is 36.1 Å². The van der Waals surface area contributed by atoms with Crippen molar-refractivity contribution in [2.75, 3.05) is 19.6 Å². The van der Waals surface area contributed by atoms with Gasteiger partial charge in [-0.25, -0.2) is 0 Å². The van der Waals surface area contributed by atoms with Crippen LogP contribution in [0, 0.1) is 10.1 Å². The van der Waals surface area contributed by atoms with Gasteiger partial charge in [-0.2, -0.15) is 0 Å². The molecule has 0 atom stereocenters. The number of nitro groups is 1. The van der Waals surface area contributed by atoms with Crippen molar-refractivity contribution >= 4 is 51.1 Å². The molecule has 4 aromatic rings. The molecular formula is C19H21ClN4O4. The number of nitrogens with zero attached hydrogens (tertiary/aromatic N) is 3. The van der Waals surface area contributed by atoms with Crippen molar-refractivity contribution in [1.82, 2.24) is 14.7 Å². The van der Waals surface area contributed by atoms with Gasteiger partial charge in [0.2, 0.25) is 5.58 Å². The van der Waals surface area contributed by atoms with Crippen molar-refractivity contribution < 1.29 is 9.34 Å². The summed E-state index contributed by atoms with van der Waals surface area (Å²) in [6.07, 6.45) is 0. The second kappa shape index (κ2) is 7.65. The average molecular weight is 405 g/mol. The smallest absolute Gasteiger partial charge is 0.312 e. The van der Waals surface area contributed by atoms with E-state index in [9.17, 15) is 14.9 Å². The average Bonchev–Trinajstić information content (AvgIpc) is 3.02. The molecule has 2 aromatic carbocycles. The Morgan fingerprint density at radius 3 is 2.64 bits per heavy atom. The number of halogens is 1. The molecule has 0 saturated carbocycles. The van der Waals surface area contributed by atoms with E-state index >= 15 is 0 Å². The Kier molecular flexibility index (Phi) is 5.44. The molecule has 0 aliphatic heterocycles. The third kappa shape index (κ3) is 3.14. The Hall–Kier alpha value is -2.84. The molecule has 4 rings (SSSR count). The molecule has 148 valence electrons. The number of rotatable bonds is 6. The first kappa shape index (κ1) is 19.9. The van der Waals surface area contributed by atoms with Crippen LogP contribution in [0.25, 0.3) is 33.0 Å². The lowest BCUT2D eigenvalue weighted by Crippen LogP contribution is -2.27. The van der Waals surface area contributed by atoms with Gasteiger partial charge in [-0.05, 0) is 31.3 Å². The zero-order valence-corrected chi connectivity index (χ0v) is 16.4. The van der Waals surface area contributed by atoms with Crippen LogP contribution in [-0.4, -0.2) is 39.2 Å². The van der Waals surface area contributed by atoms with Gasteiger partial charge in [0, 0.05) is 24.1 Å². The molecule has 0 aliphatic rings. The molecule has 0 radical (unpaired) electrons. The van der Waals surface area contributed by atoms with E-state index in [2.05, 4.69) is 23.8 Å². The van der Waals surface area contributed by atoms with Gasteiger partial charge in [-0.3, -0.25) is 24.7 Å². The van der Waals surface area contributed by atoms with E-state index in [1.807, 2.05) is 4.68 Å². The predicted molar refractivity (Wildman–Crippen MR) is 112 cm³/mol. The molecule has 8 nitrogen and oxygen atoms in total. The zero-order chi connectivity index (χ0) is 19.1. The summed E-state index contributed by atoms with van der Waals surface area (Å²) in [5, 5.41) is 16.2. The van der Waals surface area contributed by atoms with E-state index in [4.69, 9.17) is 4.42 Å². The van der Waals surface area contributed by atoms with Crippen LogP contribution in [0.2, 0.25) is 0 Å². The van der Waals surface area contributed by atoms with Crippen molar-refractivity contribution in [3.8, 4) is 0 Å².